The summed E-state index contributed by atoms with van der Waals surface area (Å²) in [7, 11) is 0. The molecule has 28 heavy (non-hydrogen) atoms. The summed E-state index contributed by atoms with van der Waals surface area (Å²) in [6.45, 7) is 12.5. The minimum atomic E-state index is -1.19. The highest BCUT2D eigenvalue weighted by Crippen LogP contribution is 2.47. The van der Waals surface area contributed by atoms with Crippen molar-refractivity contribution >= 4 is 17.1 Å². The molecule has 0 unspecified atom stereocenters. The van der Waals surface area contributed by atoms with E-state index >= 15 is 0 Å². The number of ketones is 2. The van der Waals surface area contributed by atoms with Crippen molar-refractivity contribution in [1.29, 1.82) is 0 Å². The van der Waals surface area contributed by atoms with E-state index in [1.807, 2.05) is 51.2 Å². The molecule has 3 rings (SSSR count). The van der Waals surface area contributed by atoms with Gasteiger partial charge >= 0.3 is 0 Å². The van der Waals surface area contributed by atoms with Crippen LogP contribution in [0.3, 0.4) is 0 Å². The molecule has 0 bridgehead atoms. The highest BCUT2D eigenvalue weighted by molar-refractivity contribution is 6.34. The van der Waals surface area contributed by atoms with Gasteiger partial charge in [0.2, 0.25) is 0 Å². The lowest BCUT2D eigenvalue weighted by atomic mass is 9.62. The van der Waals surface area contributed by atoms with Crippen LogP contribution in [0.2, 0.25) is 0 Å². The number of benzene rings is 1. The van der Waals surface area contributed by atoms with Gasteiger partial charge in [-0.2, -0.15) is 0 Å². The first kappa shape index (κ1) is 20.0. The summed E-state index contributed by atoms with van der Waals surface area (Å²) in [4.78, 5) is 30.4. The zero-order valence-electron chi connectivity index (χ0n) is 17.6. The smallest absolute Gasteiger partial charge is 0.179 e. The van der Waals surface area contributed by atoms with E-state index in [9.17, 15) is 14.7 Å². The Balaban J connectivity index is 2.27. The molecule has 0 aliphatic heterocycles. The van der Waals surface area contributed by atoms with Gasteiger partial charge in [0.15, 0.2) is 11.6 Å². The number of allylic oxidation sites excluding steroid dienone is 2. The van der Waals surface area contributed by atoms with Crippen molar-refractivity contribution in [2.75, 3.05) is 0 Å². The average molecular weight is 377 g/mol. The molecule has 0 saturated carbocycles. The summed E-state index contributed by atoms with van der Waals surface area (Å²) in [5.41, 5.74) is 3.41. The Morgan fingerprint density at radius 2 is 1.50 bits per heavy atom. The standard InChI is InChI=1S/C24H27NO3/c1-13-8-9-16(18-12-25-15(3)10-14(18)2)11-17(13)19-20(26)23(4,5)22(28)24(6,7)21(19)27/h8-12,26H,1-7H3. The van der Waals surface area contributed by atoms with Gasteiger partial charge in [-0.15, -0.1) is 0 Å². The molecule has 1 aliphatic rings. The summed E-state index contributed by atoms with van der Waals surface area (Å²) >= 11 is 0. The molecular weight excluding hydrogens is 350 g/mol. The monoisotopic (exact) mass is 377 g/mol. The van der Waals surface area contributed by atoms with E-state index in [0.717, 1.165) is 27.9 Å². The molecule has 0 saturated heterocycles. The largest absolute Gasteiger partial charge is 0.510 e. The predicted molar refractivity (Wildman–Crippen MR) is 111 cm³/mol. The van der Waals surface area contributed by atoms with Gasteiger partial charge in [-0.1, -0.05) is 12.1 Å². The number of pyridine rings is 1. The molecule has 0 spiro atoms. The Labute approximate surface area is 166 Å². The average Bonchev–Trinajstić information content (AvgIpc) is 2.61. The minimum absolute atomic E-state index is 0.152. The molecule has 4 nitrogen and oxygen atoms in total. The zero-order valence-corrected chi connectivity index (χ0v) is 17.6. The van der Waals surface area contributed by atoms with Crippen molar-refractivity contribution in [1.82, 2.24) is 4.98 Å². The predicted octanol–water partition coefficient (Wildman–Crippen LogP) is 5.15. The van der Waals surface area contributed by atoms with Gasteiger partial charge < -0.3 is 5.11 Å². The van der Waals surface area contributed by atoms with E-state index in [1.54, 1.807) is 27.7 Å². The van der Waals surface area contributed by atoms with Gasteiger partial charge in [0.1, 0.15) is 5.76 Å². The van der Waals surface area contributed by atoms with Crippen molar-refractivity contribution < 1.29 is 14.7 Å². The number of hydrogen-bond donors (Lipinski definition) is 1. The number of Topliss-reactive ketones (excluding diaryl/α,β-unsaturated/α-hetero) is 2. The lowest BCUT2D eigenvalue weighted by Gasteiger charge is -2.38. The second-order valence-electron chi connectivity index (χ2n) is 8.80. The van der Waals surface area contributed by atoms with Crippen molar-refractivity contribution in [2.45, 2.75) is 48.5 Å². The first-order chi connectivity index (χ1) is 12.9. The molecule has 0 radical (unpaired) electrons. The number of carbonyl (C=O) groups excluding carboxylic acids is 2. The third-order valence-electron chi connectivity index (χ3n) is 5.82. The number of aliphatic hydroxyl groups is 1. The van der Waals surface area contributed by atoms with Crippen LogP contribution in [0.1, 0.15) is 50.1 Å². The fourth-order valence-electron chi connectivity index (χ4n) is 4.03. The first-order valence-corrected chi connectivity index (χ1v) is 9.47. The Hall–Kier alpha value is -2.75. The van der Waals surface area contributed by atoms with Crippen molar-refractivity contribution in [3.8, 4) is 11.1 Å². The number of carbonyl (C=O) groups is 2. The van der Waals surface area contributed by atoms with Crippen LogP contribution in [0, 0.1) is 31.6 Å². The van der Waals surface area contributed by atoms with Crippen LogP contribution in [-0.4, -0.2) is 21.7 Å². The Morgan fingerprint density at radius 1 is 0.857 bits per heavy atom. The quantitative estimate of drug-likeness (QED) is 0.735. The molecule has 0 amide bonds. The number of hydrogen-bond acceptors (Lipinski definition) is 4. The molecule has 0 fully saturated rings. The molecule has 4 heteroatoms. The van der Waals surface area contributed by atoms with E-state index in [2.05, 4.69) is 4.98 Å². The fourth-order valence-corrected chi connectivity index (χ4v) is 4.03. The lowest BCUT2D eigenvalue weighted by molar-refractivity contribution is -0.143. The molecule has 0 atom stereocenters. The summed E-state index contributed by atoms with van der Waals surface area (Å²) < 4.78 is 0. The maximum Gasteiger partial charge on any atom is 0.179 e. The Kier molecular flexibility index (Phi) is 4.57. The van der Waals surface area contributed by atoms with Gasteiger partial charge in [0.05, 0.1) is 16.4 Å². The maximum absolute atomic E-state index is 13.2. The zero-order chi connectivity index (χ0) is 21.0. The maximum atomic E-state index is 13.2. The van der Waals surface area contributed by atoms with Crippen LogP contribution in [0.5, 0.6) is 0 Å². The molecular formula is C24H27NO3. The molecule has 1 aromatic heterocycles. The lowest BCUT2D eigenvalue weighted by Crippen LogP contribution is -2.48. The molecule has 1 N–H and O–H groups in total. The van der Waals surface area contributed by atoms with Gasteiger partial charge in [0, 0.05) is 17.5 Å². The van der Waals surface area contributed by atoms with E-state index in [0.29, 0.717) is 5.56 Å². The van der Waals surface area contributed by atoms with Gasteiger partial charge in [0.25, 0.3) is 0 Å². The molecule has 1 aliphatic carbocycles. The summed E-state index contributed by atoms with van der Waals surface area (Å²) in [5, 5.41) is 10.9. The third-order valence-corrected chi connectivity index (χ3v) is 5.82. The van der Waals surface area contributed by atoms with Crippen LogP contribution in [0.15, 0.2) is 36.2 Å². The topological polar surface area (TPSA) is 67.3 Å². The van der Waals surface area contributed by atoms with Crippen LogP contribution in [0.25, 0.3) is 16.7 Å². The minimum Gasteiger partial charge on any atom is -0.510 e. The number of nitrogens with zero attached hydrogens (tertiary/aromatic N) is 1. The van der Waals surface area contributed by atoms with Crippen LogP contribution in [-0.2, 0) is 9.59 Å². The summed E-state index contributed by atoms with van der Waals surface area (Å²) in [6, 6.07) is 7.86. The normalized spacial score (nSPS) is 18.5. The SMILES string of the molecule is Cc1cc(C)c(-c2ccc(C)c(C3=C(O)C(C)(C)C(=O)C(C)(C)C3=O)c2)cn1. The first-order valence-electron chi connectivity index (χ1n) is 9.47. The Bertz CT molecular complexity index is 1040. The fraction of sp³-hybridized carbons (Fsp3) is 0.375. The summed E-state index contributed by atoms with van der Waals surface area (Å²) in [5.74, 6) is -0.757. The van der Waals surface area contributed by atoms with E-state index in [4.69, 9.17) is 0 Å². The number of aryl methyl sites for hydroxylation is 3. The Morgan fingerprint density at radius 3 is 2.11 bits per heavy atom. The molecule has 2 aromatic rings. The summed E-state index contributed by atoms with van der Waals surface area (Å²) in [6.07, 6.45) is 1.83. The van der Waals surface area contributed by atoms with Gasteiger partial charge in [-0.3, -0.25) is 14.6 Å². The van der Waals surface area contributed by atoms with Crippen LogP contribution >= 0.6 is 0 Å². The second-order valence-corrected chi connectivity index (χ2v) is 8.80. The molecule has 146 valence electrons. The van der Waals surface area contributed by atoms with E-state index in [-0.39, 0.29) is 22.9 Å². The van der Waals surface area contributed by atoms with Gasteiger partial charge in [-0.25, -0.2) is 0 Å². The highest BCUT2D eigenvalue weighted by Gasteiger charge is 2.53. The van der Waals surface area contributed by atoms with E-state index < -0.39 is 10.8 Å². The molecule has 1 heterocycles. The number of aliphatic hydroxyl groups excluding tert-OH is 1. The number of aromatic nitrogens is 1. The van der Waals surface area contributed by atoms with Gasteiger partial charge in [-0.05, 0) is 82.9 Å². The molecule has 1 aromatic carbocycles. The third kappa shape index (κ3) is 2.88. The van der Waals surface area contributed by atoms with Crippen molar-refractivity contribution in [3.63, 3.8) is 0 Å². The van der Waals surface area contributed by atoms with Crippen LogP contribution in [0.4, 0.5) is 0 Å². The van der Waals surface area contributed by atoms with E-state index in [1.165, 1.54) is 0 Å². The second kappa shape index (κ2) is 6.40. The highest BCUT2D eigenvalue weighted by atomic mass is 16.3. The van der Waals surface area contributed by atoms with Crippen molar-refractivity contribution in [3.05, 3.63) is 58.6 Å². The van der Waals surface area contributed by atoms with Crippen molar-refractivity contribution in [2.24, 2.45) is 10.8 Å². The van der Waals surface area contributed by atoms with Crippen LogP contribution < -0.4 is 0 Å². The number of rotatable bonds is 2.